The Kier molecular flexibility index (Phi) is 4.14. The standard InChI is InChI=1S/C17H16FN5/c1-11-7-8-13(9-12(11)2)20-16-10-19-23-17(22-16)21-15-6-4-3-5-14(15)18/h3-10H,1-2H3,(H2,20,21,22,23). The minimum absolute atomic E-state index is 0.226. The van der Waals surface area contributed by atoms with E-state index >= 15 is 0 Å². The molecule has 0 unspecified atom stereocenters. The Morgan fingerprint density at radius 2 is 1.78 bits per heavy atom. The van der Waals surface area contributed by atoms with Gasteiger partial charge in [-0.3, -0.25) is 0 Å². The average molecular weight is 309 g/mol. The van der Waals surface area contributed by atoms with Crippen molar-refractivity contribution >= 4 is 23.1 Å². The van der Waals surface area contributed by atoms with Gasteiger partial charge in [-0.2, -0.15) is 10.1 Å². The van der Waals surface area contributed by atoms with Crippen LogP contribution in [0.25, 0.3) is 0 Å². The first-order chi connectivity index (χ1) is 11.1. The number of aryl methyl sites for hydroxylation is 2. The van der Waals surface area contributed by atoms with Crippen molar-refractivity contribution < 1.29 is 4.39 Å². The topological polar surface area (TPSA) is 62.7 Å². The third-order valence-corrected chi connectivity index (χ3v) is 3.46. The number of rotatable bonds is 4. The molecule has 116 valence electrons. The van der Waals surface area contributed by atoms with Crippen molar-refractivity contribution in [1.82, 2.24) is 15.2 Å². The van der Waals surface area contributed by atoms with Crippen LogP contribution in [0.2, 0.25) is 0 Å². The quantitative estimate of drug-likeness (QED) is 0.759. The molecule has 23 heavy (non-hydrogen) atoms. The maximum Gasteiger partial charge on any atom is 0.249 e. The van der Waals surface area contributed by atoms with E-state index in [1.807, 2.05) is 25.1 Å². The van der Waals surface area contributed by atoms with E-state index in [2.05, 4.69) is 32.7 Å². The van der Waals surface area contributed by atoms with Crippen LogP contribution in [0.5, 0.6) is 0 Å². The van der Waals surface area contributed by atoms with E-state index in [9.17, 15) is 4.39 Å². The number of nitrogens with one attached hydrogen (secondary N) is 2. The molecule has 2 aromatic carbocycles. The van der Waals surface area contributed by atoms with Gasteiger partial charge in [0.2, 0.25) is 5.95 Å². The second-order valence-corrected chi connectivity index (χ2v) is 5.19. The van der Waals surface area contributed by atoms with Crippen LogP contribution in [-0.2, 0) is 0 Å². The van der Waals surface area contributed by atoms with Gasteiger partial charge in [0.25, 0.3) is 0 Å². The van der Waals surface area contributed by atoms with Gasteiger partial charge in [-0.25, -0.2) is 4.39 Å². The lowest BCUT2D eigenvalue weighted by Crippen LogP contribution is -2.03. The van der Waals surface area contributed by atoms with E-state index in [1.165, 1.54) is 23.4 Å². The van der Waals surface area contributed by atoms with Gasteiger partial charge in [0.05, 0.1) is 11.9 Å². The molecule has 0 aliphatic carbocycles. The van der Waals surface area contributed by atoms with Crippen molar-refractivity contribution in [3.63, 3.8) is 0 Å². The Morgan fingerprint density at radius 1 is 0.957 bits per heavy atom. The van der Waals surface area contributed by atoms with E-state index in [0.717, 1.165) is 5.69 Å². The summed E-state index contributed by atoms with van der Waals surface area (Å²) in [5.74, 6) is 0.384. The van der Waals surface area contributed by atoms with Crippen molar-refractivity contribution in [2.24, 2.45) is 0 Å². The third-order valence-electron chi connectivity index (χ3n) is 3.46. The van der Waals surface area contributed by atoms with Crippen LogP contribution in [0.4, 0.5) is 27.5 Å². The normalized spacial score (nSPS) is 10.4. The second kappa shape index (κ2) is 6.39. The highest BCUT2D eigenvalue weighted by Crippen LogP contribution is 2.20. The molecule has 1 heterocycles. The first kappa shape index (κ1) is 14.9. The largest absolute Gasteiger partial charge is 0.339 e. The van der Waals surface area contributed by atoms with Crippen LogP contribution in [0.3, 0.4) is 0 Å². The van der Waals surface area contributed by atoms with E-state index in [-0.39, 0.29) is 11.8 Å². The molecule has 5 nitrogen and oxygen atoms in total. The van der Waals surface area contributed by atoms with E-state index < -0.39 is 0 Å². The highest BCUT2D eigenvalue weighted by Gasteiger charge is 2.05. The first-order valence-electron chi connectivity index (χ1n) is 7.17. The summed E-state index contributed by atoms with van der Waals surface area (Å²) in [6, 6.07) is 12.4. The zero-order valence-corrected chi connectivity index (χ0v) is 12.8. The van der Waals surface area contributed by atoms with E-state index in [0.29, 0.717) is 11.5 Å². The zero-order valence-electron chi connectivity index (χ0n) is 12.8. The molecule has 0 fully saturated rings. The molecule has 0 aliphatic heterocycles. The molecule has 0 amide bonds. The molecule has 6 heteroatoms. The molecule has 0 bridgehead atoms. The molecule has 0 saturated carbocycles. The molecule has 0 atom stereocenters. The number of hydrogen-bond donors (Lipinski definition) is 2. The number of aromatic nitrogens is 3. The van der Waals surface area contributed by atoms with Crippen molar-refractivity contribution in [3.8, 4) is 0 Å². The van der Waals surface area contributed by atoms with Crippen LogP contribution < -0.4 is 10.6 Å². The van der Waals surface area contributed by atoms with Crippen LogP contribution in [0.15, 0.2) is 48.7 Å². The molecule has 3 rings (SSSR count). The first-order valence-corrected chi connectivity index (χ1v) is 7.17. The predicted molar refractivity (Wildman–Crippen MR) is 88.7 cm³/mol. The molecule has 0 aliphatic rings. The van der Waals surface area contributed by atoms with Crippen LogP contribution in [-0.4, -0.2) is 15.2 Å². The summed E-state index contributed by atoms with van der Waals surface area (Å²) in [7, 11) is 0. The number of benzene rings is 2. The van der Waals surface area contributed by atoms with E-state index in [4.69, 9.17) is 0 Å². The zero-order chi connectivity index (χ0) is 16.2. The summed E-state index contributed by atoms with van der Waals surface area (Å²) in [5.41, 5.74) is 3.61. The van der Waals surface area contributed by atoms with Gasteiger partial charge in [-0.15, -0.1) is 5.10 Å². The lowest BCUT2D eigenvalue weighted by molar-refractivity contribution is 0.631. The van der Waals surface area contributed by atoms with Crippen molar-refractivity contribution in [1.29, 1.82) is 0 Å². The maximum atomic E-state index is 13.7. The highest BCUT2D eigenvalue weighted by atomic mass is 19.1. The summed E-state index contributed by atoms with van der Waals surface area (Å²) < 4.78 is 13.7. The number of halogens is 1. The maximum absolute atomic E-state index is 13.7. The number of nitrogens with zero attached hydrogens (tertiary/aromatic N) is 3. The van der Waals surface area contributed by atoms with Gasteiger partial charge in [-0.1, -0.05) is 18.2 Å². The molecular weight excluding hydrogens is 293 g/mol. The molecular formula is C17H16FN5. The molecule has 0 saturated heterocycles. The van der Waals surface area contributed by atoms with Gasteiger partial charge in [0.1, 0.15) is 5.82 Å². The summed E-state index contributed by atoms with van der Waals surface area (Å²) in [4.78, 5) is 4.29. The number of hydrogen-bond acceptors (Lipinski definition) is 5. The average Bonchev–Trinajstić information content (AvgIpc) is 2.54. The SMILES string of the molecule is Cc1ccc(Nc2cnnc(Nc3ccccc3F)n2)cc1C. The van der Waals surface area contributed by atoms with Gasteiger partial charge >= 0.3 is 0 Å². The molecule has 3 aromatic rings. The Morgan fingerprint density at radius 3 is 2.57 bits per heavy atom. The lowest BCUT2D eigenvalue weighted by atomic mass is 10.1. The fraction of sp³-hybridized carbons (Fsp3) is 0.118. The van der Waals surface area contributed by atoms with Crippen LogP contribution >= 0.6 is 0 Å². The number of para-hydroxylation sites is 1. The fourth-order valence-electron chi connectivity index (χ4n) is 2.07. The summed E-state index contributed by atoms with van der Waals surface area (Å²) in [6.45, 7) is 4.10. The van der Waals surface area contributed by atoms with Crippen molar-refractivity contribution in [3.05, 3.63) is 65.6 Å². The molecule has 1 aromatic heterocycles. The van der Waals surface area contributed by atoms with Gasteiger partial charge in [0, 0.05) is 5.69 Å². The summed E-state index contributed by atoms with van der Waals surface area (Å²) in [6.07, 6.45) is 1.52. The minimum atomic E-state index is -0.372. The smallest absolute Gasteiger partial charge is 0.249 e. The van der Waals surface area contributed by atoms with Crippen molar-refractivity contribution in [2.45, 2.75) is 13.8 Å². The molecule has 0 spiro atoms. The Balaban J connectivity index is 1.79. The minimum Gasteiger partial charge on any atom is -0.339 e. The fourth-order valence-corrected chi connectivity index (χ4v) is 2.07. The van der Waals surface area contributed by atoms with Crippen molar-refractivity contribution in [2.75, 3.05) is 10.6 Å². The van der Waals surface area contributed by atoms with Crippen LogP contribution in [0, 0.1) is 19.7 Å². The Hall–Kier alpha value is -3.02. The van der Waals surface area contributed by atoms with Crippen LogP contribution in [0.1, 0.15) is 11.1 Å². The summed E-state index contributed by atoms with van der Waals surface area (Å²) >= 11 is 0. The summed E-state index contributed by atoms with van der Waals surface area (Å²) in [5, 5.41) is 13.7. The van der Waals surface area contributed by atoms with E-state index in [1.54, 1.807) is 18.2 Å². The van der Waals surface area contributed by atoms with Gasteiger partial charge < -0.3 is 10.6 Å². The number of anilines is 4. The highest BCUT2D eigenvalue weighted by molar-refractivity contribution is 5.60. The van der Waals surface area contributed by atoms with Gasteiger partial charge in [-0.05, 0) is 49.2 Å². The second-order valence-electron chi connectivity index (χ2n) is 5.19. The van der Waals surface area contributed by atoms with Gasteiger partial charge in [0.15, 0.2) is 5.82 Å². The Bertz CT molecular complexity index is 835. The monoisotopic (exact) mass is 309 g/mol. The Labute approximate surface area is 133 Å². The predicted octanol–water partition coefficient (Wildman–Crippen LogP) is 4.11. The third kappa shape index (κ3) is 3.60. The lowest BCUT2D eigenvalue weighted by Gasteiger charge is -2.09. The molecule has 2 N–H and O–H groups in total. The molecule has 0 radical (unpaired) electrons.